The molecule has 3 nitrogen and oxygen atoms in total. The quantitative estimate of drug-likeness (QED) is 0.566. The maximum Gasteiger partial charge on any atom is 0.0477 e. The molecule has 0 radical (unpaired) electrons. The molecule has 0 spiro atoms. The van der Waals surface area contributed by atoms with Crippen LogP contribution in [0.2, 0.25) is 0 Å². The molecule has 3 heteroatoms. The van der Waals surface area contributed by atoms with Gasteiger partial charge in [-0.3, -0.25) is 11.3 Å². The predicted octanol–water partition coefficient (Wildman–Crippen LogP) is 1.66. The Morgan fingerprint density at radius 3 is 2.81 bits per heavy atom. The molecule has 0 heterocycles. The van der Waals surface area contributed by atoms with Crippen molar-refractivity contribution in [2.24, 2.45) is 11.8 Å². The van der Waals surface area contributed by atoms with Crippen LogP contribution in [-0.4, -0.2) is 19.8 Å². The van der Waals surface area contributed by atoms with Gasteiger partial charge in [0.15, 0.2) is 0 Å². The summed E-state index contributed by atoms with van der Waals surface area (Å²) in [6.07, 6.45) is 2.23. The minimum absolute atomic E-state index is 0.380. The zero-order valence-electron chi connectivity index (χ0n) is 9.73. The van der Waals surface area contributed by atoms with Crippen LogP contribution in [0, 0.1) is 5.92 Å². The Bertz CT molecular complexity index is 315. The summed E-state index contributed by atoms with van der Waals surface area (Å²) in [6.45, 7) is 0.771. The van der Waals surface area contributed by atoms with E-state index in [2.05, 4.69) is 35.8 Å². The van der Waals surface area contributed by atoms with E-state index in [1.807, 2.05) is 0 Å². The summed E-state index contributed by atoms with van der Waals surface area (Å²) in [6, 6.07) is 11.0. The third kappa shape index (κ3) is 2.61. The third-order valence-corrected chi connectivity index (χ3v) is 3.43. The Kier molecular flexibility index (Phi) is 3.93. The minimum atomic E-state index is 0.380. The molecule has 0 aromatic heterocycles. The second-order valence-electron chi connectivity index (χ2n) is 4.47. The number of nitrogens with two attached hydrogens (primary N) is 1. The molecule has 3 N–H and O–H groups in total. The van der Waals surface area contributed by atoms with Gasteiger partial charge in [0, 0.05) is 19.8 Å². The van der Waals surface area contributed by atoms with Gasteiger partial charge in [-0.05, 0) is 30.2 Å². The van der Waals surface area contributed by atoms with Gasteiger partial charge >= 0.3 is 0 Å². The largest absolute Gasteiger partial charge is 0.385 e. The summed E-state index contributed by atoms with van der Waals surface area (Å²) < 4.78 is 5.10. The molecule has 1 aliphatic rings. The lowest BCUT2D eigenvalue weighted by molar-refractivity contribution is 0.178. The van der Waals surface area contributed by atoms with E-state index in [0.29, 0.717) is 17.9 Å². The normalized spacial score (nSPS) is 25.4. The van der Waals surface area contributed by atoms with Crippen molar-refractivity contribution in [3.63, 3.8) is 0 Å². The van der Waals surface area contributed by atoms with Gasteiger partial charge < -0.3 is 4.74 Å². The number of benzene rings is 1. The summed E-state index contributed by atoms with van der Waals surface area (Å²) in [5, 5.41) is 0. The van der Waals surface area contributed by atoms with Gasteiger partial charge in [-0.2, -0.15) is 0 Å². The third-order valence-electron chi connectivity index (χ3n) is 3.43. The summed E-state index contributed by atoms with van der Waals surface area (Å²) in [5.74, 6) is 6.94. The Morgan fingerprint density at radius 1 is 1.44 bits per heavy atom. The summed E-state index contributed by atoms with van der Waals surface area (Å²) >= 11 is 0. The molecule has 1 aromatic carbocycles. The van der Waals surface area contributed by atoms with E-state index < -0.39 is 0 Å². The molecule has 0 saturated heterocycles. The summed E-state index contributed by atoms with van der Waals surface area (Å²) in [7, 11) is 1.73. The minimum Gasteiger partial charge on any atom is -0.385 e. The fourth-order valence-electron chi connectivity index (χ4n) is 2.41. The number of methoxy groups -OCH3 is 1. The van der Waals surface area contributed by atoms with Crippen molar-refractivity contribution < 1.29 is 4.74 Å². The molecule has 1 aromatic rings. The fraction of sp³-hybridized carbons (Fsp3) is 0.538. The first-order valence-electron chi connectivity index (χ1n) is 5.87. The van der Waals surface area contributed by atoms with Gasteiger partial charge in [0.1, 0.15) is 0 Å². The molecular formula is C13H20N2O. The van der Waals surface area contributed by atoms with Crippen LogP contribution in [0.15, 0.2) is 30.3 Å². The summed E-state index contributed by atoms with van der Waals surface area (Å²) in [4.78, 5) is 0. The SMILES string of the molecule is COCCC(NN)C1CC1c1ccccc1. The van der Waals surface area contributed by atoms with Crippen molar-refractivity contribution in [2.75, 3.05) is 13.7 Å². The molecule has 16 heavy (non-hydrogen) atoms. The second-order valence-corrected chi connectivity index (χ2v) is 4.47. The van der Waals surface area contributed by atoms with Gasteiger partial charge in [0.2, 0.25) is 0 Å². The van der Waals surface area contributed by atoms with E-state index in [1.165, 1.54) is 12.0 Å². The highest BCUT2D eigenvalue weighted by molar-refractivity contribution is 5.26. The summed E-state index contributed by atoms with van der Waals surface area (Å²) in [5.41, 5.74) is 4.35. The van der Waals surface area contributed by atoms with Crippen LogP contribution in [0.1, 0.15) is 24.3 Å². The average molecular weight is 220 g/mol. The molecule has 1 aliphatic carbocycles. The van der Waals surface area contributed by atoms with Gasteiger partial charge in [-0.1, -0.05) is 30.3 Å². The van der Waals surface area contributed by atoms with E-state index in [1.54, 1.807) is 7.11 Å². The zero-order chi connectivity index (χ0) is 11.4. The number of ether oxygens (including phenoxy) is 1. The van der Waals surface area contributed by atoms with Gasteiger partial charge in [-0.15, -0.1) is 0 Å². The maximum atomic E-state index is 5.59. The monoisotopic (exact) mass is 220 g/mol. The van der Waals surface area contributed by atoms with Gasteiger partial charge in [0.25, 0.3) is 0 Å². The van der Waals surface area contributed by atoms with E-state index in [0.717, 1.165) is 13.0 Å². The molecule has 0 aliphatic heterocycles. The Hall–Kier alpha value is -0.900. The van der Waals surface area contributed by atoms with Crippen molar-refractivity contribution in [1.82, 2.24) is 5.43 Å². The highest BCUT2D eigenvalue weighted by atomic mass is 16.5. The first-order valence-corrected chi connectivity index (χ1v) is 5.87. The lowest BCUT2D eigenvalue weighted by atomic mass is 10.0. The van der Waals surface area contributed by atoms with Crippen molar-refractivity contribution in [1.29, 1.82) is 0 Å². The molecule has 1 fully saturated rings. The number of hydrogen-bond donors (Lipinski definition) is 2. The van der Waals surface area contributed by atoms with E-state index in [9.17, 15) is 0 Å². The van der Waals surface area contributed by atoms with Crippen LogP contribution < -0.4 is 11.3 Å². The van der Waals surface area contributed by atoms with Crippen LogP contribution in [-0.2, 0) is 4.74 Å². The van der Waals surface area contributed by atoms with Crippen LogP contribution in [0.4, 0.5) is 0 Å². The number of rotatable bonds is 6. The van der Waals surface area contributed by atoms with Crippen molar-refractivity contribution >= 4 is 0 Å². The first-order chi connectivity index (χ1) is 7.86. The fourth-order valence-corrected chi connectivity index (χ4v) is 2.41. The van der Waals surface area contributed by atoms with Crippen LogP contribution in [0.3, 0.4) is 0 Å². The topological polar surface area (TPSA) is 47.3 Å². The van der Waals surface area contributed by atoms with E-state index in [-0.39, 0.29) is 0 Å². The van der Waals surface area contributed by atoms with Crippen molar-refractivity contribution in [2.45, 2.75) is 24.8 Å². The molecule has 0 amide bonds. The molecule has 3 unspecified atom stereocenters. The van der Waals surface area contributed by atoms with Crippen molar-refractivity contribution in [3.8, 4) is 0 Å². The van der Waals surface area contributed by atoms with Crippen molar-refractivity contribution in [3.05, 3.63) is 35.9 Å². The highest BCUT2D eigenvalue weighted by Gasteiger charge is 2.43. The molecule has 0 bridgehead atoms. The Balaban J connectivity index is 1.89. The lowest BCUT2D eigenvalue weighted by Crippen LogP contribution is -2.38. The number of hydrogen-bond acceptors (Lipinski definition) is 3. The van der Waals surface area contributed by atoms with Crippen LogP contribution in [0.5, 0.6) is 0 Å². The maximum absolute atomic E-state index is 5.59. The highest BCUT2D eigenvalue weighted by Crippen LogP contribution is 2.49. The predicted molar refractivity (Wildman–Crippen MR) is 64.9 cm³/mol. The van der Waals surface area contributed by atoms with Crippen LogP contribution in [0.25, 0.3) is 0 Å². The van der Waals surface area contributed by atoms with E-state index >= 15 is 0 Å². The average Bonchev–Trinajstić information content (AvgIpc) is 3.12. The number of hydrazine groups is 1. The molecule has 88 valence electrons. The smallest absolute Gasteiger partial charge is 0.0477 e. The van der Waals surface area contributed by atoms with Gasteiger partial charge in [-0.25, -0.2) is 0 Å². The standard InChI is InChI=1S/C13H20N2O/c1-16-8-7-13(15-14)12-9-11(12)10-5-3-2-4-6-10/h2-6,11-13,15H,7-9,14H2,1H3. The molecule has 1 saturated carbocycles. The lowest BCUT2D eigenvalue weighted by Gasteiger charge is -2.15. The number of nitrogens with one attached hydrogen (secondary N) is 1. The second kappa shape index (κ2) is 5.43. The Morgan fingerprint density at radius 2 is 2.19 bits per heavy atom. The molecule has 3 atom stereocenters. The molecule has 2 rings (SSSR count). The van der Waals surface area contributed by atoms with Gasteiger partial charge in [0.05, 0.1) is 0 Å². The molecular weight excluding hydrogens is 200 g/mol. The zero-order valence-corrected chi connectivity index (χ0v) is 9.73. The Labute approximate surface area is 97.0 Å². The van der Waals surface area contributed by atoms with Crippen LogP contribution >= 0.6 is 0 Å². The van der Waals surface area contributed by atoms with E-state index in [4.69, 9.17) is 10.6 Å². The first kappa shape index (κ1) is 11.6.